The van der Waals surface area contributed by atoms with Crippen LogP contribution in [0.1, 0.15) is 17.0 Å². The van der Waals surface area contributed by atoms with Gasteiger partial charge in [-0.1, -0.05) is 39.9 Å². The van der Waals surface area contributed by atoms with Gasteiger partial charge in [-0.15, -0.1) is 0 Å². The Morgan fingerprint density at radius 3 is 2.43 bits per heavy atom. The highest BCUT2D eigenvalue weighted by Crippen LogP contribution is 2.33. The molecule has 0 saturated carbocycles. The van der Waals surface area contributed by atoms with Crippen LogP contribution in [0.15, 0.2) is 39.7 Å². The number of likely N-dealkylation sites (N-methyl/N-ethyl adjacent to an activating group) is 1. The molecule has 6 heteroatoms. The number of amides is 1. The van der Waals surface area contributed by atoms with E-state index in [1.807, 2.05) is 18.2 Å². The van der Waals surface area contributed by atoms with Gasteiger partial charge in [0.25, 0.3) is 5.91 Å². The molecule has 118 valence electrons. The Bertz CT molecular complexity index is 837. The topological polar surface area (TPSA) is 25.2 Å². The first-order valence-corrected chi connectivity index (χ1v) is 9.06. The largest absolute Gasteiger partial charge is 0.318 e. The first-order chi connectivity index (χ1) is 10.9. The summed E-state index contributed by atoms with van der Waals surface area (Å²) < 4.78 is 3.84. The maximum Gasteiger partial charge on any atom is 0.265 e. The minimum atomic E-state index is -0.0338. The van der Waals surface area contributed by atoms with E-state index in [2.05, 4.69) is 52.5 Å². The molecule has 0 atom stereocenters. The van der Waals surface area contributed by atoms with E-state index in [1.54, 1.807) is 7.05 Å². The van der Waals surface area contributed by atoms with Crippen LogP contribution in [0.3, 0.4) is 0 Å². The normalized spacial score (nSPS) is 16.7. The van der Waals surface area contributed by atoms with E-state index in [-0.39, 0.29) is 5.91 Å². The number of aryl methyl sites for hydroxylation is 1. The summed E-state index contributed by atoms with van der Waals surface area (Å²) in [6, 6.07) is 10.3. The smallest absolute Gasteiger partial charge is 0.265 e. The van der Waals surface area contributed by atoms with Crippen LogP contribution in [-0.2, 0) is 4.79 Å². The second-order valence-electron chi connectivity index (χ2n) is 5.38. The molecule has 3 nitrogen and oxygen atoms in total. The summed E-state index contributed by atoms with van der Waals surface area (Å²) in [7, 11) is 1.71. The highest BCUT2D eigenvalue weighted by Gasteiger charge is 2.29. The van der Waals surface area contributed by atoms with E-state index in [9.17, 15) is 4.79 Å². The maximum absolute atomic E-state index is 12.2. The third kappa shape index (κ3) is 3.03. The van der Waals surface area contributed by atoms with Crippen LogP contribution in [0.25, 0.3) is 11.8 Å². The molecule has 1 saturated heterocycles. The second-order valence-corrected chi connectivity index (χ2v) is 7.97. The van der Waals surface area contributed by atoms with E-state index >= 15 is 0 Å². The average molecular weight is 407 g/mol. The highest BCUT2D eigenvalue weighted by molar-refractivity contribution is 9.10. The Morgan fingerprint density at radius 1 is 1.22 bits per heavy atom. The first kappa shape index (κ1) is 16.5. The second kappa shape index (κ2) is 6.26. The van der Waals surface area contributed by atoms with Crippen molar-refractivity contribution in [2.24, 2.45) is 0 Å². The molecule has 1 aromatic carbocycles. The summed E-state index contributed by atoms with van der Waals surface area (Å²) >= 11 is 9.99. The molecule has 23 heavy (non-hydrogen) atoms. The predicted molar refractivity (Wildman–Crippen MR) is 104 cm³/mol. The summed E-state index contributed by atoms with van der Waals surface area (Å²) in [6.45, 7) is 4.13. The van der Waals surface area contributed by atoms with Gasteiger partial charge in [-0.2, -0.15) is 0 Å². The first-order valence-electron chi connectivity index (χ1n) is 7.05. The quantitative estimate of drug-likeness (QED) is 0.534. The number of rotatable bonds is 2. The minimum absolute atomic E-state index is 0.0338. The van der Waals surface area contributed by atoms with Crippen LogP contribution in [0.5, 0.6) is 0 Å². The number of hydrogen-bond acceptors (Lipinski definition) is 3. The summed E-state index contributed by atoms with van der Waals surface area (Å²) in [5.74, 6) is -0.0338. The van der Waals surface area contributed by atoms with Gasteiger partial charge in [0, 0.05) is 28.6 Å². The number of aromatic nitrogens is 1. The summed E-state index contributed by atoms with van der Waals surface area (Å²) in [5, 5.41) is 0. The number of thioether (sulfide) groups is 1. The molecule has 0 radical (unpaired) electrons. The number of carbonyl (C=O) groups is 1. The standard InChI is InChI=1S/C17H15BrN2OS2/c1-10-8-12(9-15-16(21)19(3)17(22)23-15)11(2)20(10)14-6-4-13(18)5-7-14/h4-9H,1-3H3/b15-9+. The van der Waals surface area contributed by atoms with E-state index < -0.39 is 0 Å². The van der Waals surface area contributed by atoms with Crippen LogP contribution in [0.4, 0.5) is 0 Å². The van der Waals surface area contributed by atoms with Crippen molar-refractivity contribution in [1.29, 1.82) is 0 Å². The zero-order valence-electron chi connectivity index (χ0n) is 13.0. The van der Waals surface area contributed by atoms with Gasteiger partial charge >= 0.3 is 0 Å². The number of halogens is 1. The van der Waals surface area contributed by atoms with Gasteiger partial charge in [-0.3, -0.25) is 9.69 Å². The highest BCUT2D eigenvalue weighted by atomic mass is 79.9. The van der Waals surface area contributed by atoms with Crippen LogP contribution >= 0.6 is 39.9 Å². The zero-order chi connectivity index (χ0) is 16.7. The molecule has 0 aliphatic carbocycles. The van der Waals surface area contributed by atoms with Gasteiger partial charge in [-0.25, -0.2) is 0 Å². The third-order valence-corrected chi connectivity index (χ3v) is 5.84. The molecule has 2 aromatic rings. The SMILES string of the molecule is Cc1cc(/C=C2/SC(=S)N(C)C2=O)c(C)n1-c1ccc(Br)cc1. The zero-order valence-corrected chi connectivity index (χ0v) is 16.2. The van der Waals surface area contributed by atoms with Crippen molar-refractivity contribution in [2.75, 3.05) is 7.05 Å². The van der Waals surface area contributed by atoms with Gasteiger partial charge < -0.3 is 4.57 Å². The van der Waals surface area contributed by atoms with Crippen molar-refractivity contribution in [3.05, 3.63) is 56.7 Å². The lowest BCUT2D eigenvalue weighted by Crippen LogP contribution is -2.22. The monoisotopic (exact) mass is 406 g/mol. The molecule has 1 fully saturated rings. The Hall–Kier alpha value is -1.37. The summed E-state index contributed by atoms with van der Waals surface area (Å²) in [5.41, 5.74) is 4.37. The number of carbonyl (C=O) groups excluding carboxylic acids is 1. The Morgan fingerprint density at radius 2 is 1.87 bits per heavy atom. The molecule has 0 bridgehead atoms. The van der Waals surface area contributed by atoms with Crippen LogP contribution in [0, 0.1) is 13.8 Å². The Balaban J connectivity index is 2.03. The van der Waals surface area contributed by atoms with Crippen molar-refractivity contribution in [3.8, 4) is 5.69 Å². The molecular weight excluding hydrogens is 392 g/mol. The Labute approximate surface area is 153 Å². The molecule has 0 unspecified atom stereocenters. The van der Waals surface area contributed by atoms with Crippen LogP contribution in [-0.4, -0.2) is 26.7 Å². The third-order valence-electron chi connectivity index (χ3n) is 3.83. The van der Waals surface area contributed by atoms with E-state index in [0.717, 1.165) is 27.1 Å². The van der Waals surface area contributed by atoms with Crippen molar-refractivity contribution < 1.29 is 4.79 Å². The minimum Gasteiger partial charge on any atom is -0.318 e. The molecule has 1 aromatic heterocycles. The molecule has 0 spiro atoms. The van der Waals surface area contributed by atoms with Crippen molar-refractivity contribution in [2.45, 2.75) is 13.8 Å². The lowest BCUT2D eigenvalue weighted by Gasteiger charge is -2.09. The molecule has 3 rings (SSSR count). The molecule has 1 aliphatic rings. The van der Waals surface area contributed by atoms with Gasteiger partial charge in [0.2, 0.25) is 0 Å². The molecule has 1 aliphatic heterocycles. The molecular formula is C17H15BrN2OS2. The molecule has 0 N–H and O–H groups in total. The van der Waals surface area contributed by atoms with Gasteiger partial charge in [0.1, 0.15) is 4.32 Å². The van der Waals surface area contributed by atoms with E-state index in [4.69, 9.17) is 12.2 Å². The predicted octanol–water partition coefficient (Wildman–Crippen LogP) is 4.69. The fourth-order valence-corrected chi connectivity index (χ4v) is 4.04. The molecule has 1 amide bonds. The summed E-state index contributed by atoms with van der Waals surface area (Å²) in [4.78, 5) is 14.4. The van der Waals surface area contributed by atoms with Gasteiger partial charge in [-0.05, 0) is 55.8 Å². The summed E-state index contributed by atoms with van der Waals surface area (Å²) in [6.07, 6.45) is 1.93. The van der Waals surface area contributed by atoms with Crippen molar-refractivity contribution in [3.63, 3.8) is 0 Å². The van der Waals surface area contributed by atoms with Crippen molar-refractivity contribution >= 4 is 56.2 Å². The van der Waals surface area contributed by atoms with E-state index in [0.29, 0.717) is 9.23 Å². The van der Waals surface area contributed by atoms with Gasteiger partial charge in [0.05, 0.1) is 4.91 Å². The number of hydrogen-bond donors (Lipinski definition) is 0. The van der Waals surface area contributed by atoms with Crippen LogP contribution < -0.4 is 0 Å². The van der Waals surface area contributed by atoms with E-state index in [1.165, 1.54) is 16.7 Å². The number of nitrogens with zero attached hydrogens (tertiary/aromatic N) is 2. The Kier molecular flexibility index (Phi) is 4.49. The number of benzene rings is 1. The molecule has 2 heterocycles. The number of thiocarbonyl (C=S) groups is 1. The van der Waals surface area contributed by atoms with Crippen LogP contribution in [0.2, 0.25) is 0 Å². The fourth-order valence-electron chi connectivity index (χ4n) is 2.61. The lowest BCUT2D eigenvalue weighted by molar-refractivity contribution is -0.121. The maximum atomic E-state index is 12.2. The lowest BCUT2D eigenvalue weighted by atomic mass is 10.2. The fraction of sp³-hybridized carbons (Fsp3) is 0.176. The van der Waals surface area contributed by atoms with Gasteiger partial charge in [0.15, 0.2) is 0 Å². The van der Waals surface area contributed by atoms with Crippen molar-refractivity contribution in [1.82, 2.24) is 9.47 Å². The average Bonchev–Trinajstić information content (AvgIpc) is 2.92.